The van der Waals surface area contributed by atoms with Crippen molar-refractivity contribution in [3.63, 3.8) is 0 Å². The molecule has 0 aliphatic rings. The van der Waals surface area contributed by atoms with Crippen LogP contribution in [0.15, 0.2) is 77.9 Å². The van der Waals surface area contributed by atoms with Gasteiger partial charge in [-0.25, -0.2) is 19.9 Å². The summed E-state index contributed by atoms with van der Waals surface area (Å²) in [6, 6.07) is 19.7. The van der Waals surface area contributed by atoms with Crippen LogP contribution in [-0.2, 0) is 0 Å². The maximum absolute atomic E-state index is 13.7. The Morgan fingerprint density at radius 2 is 1.80 bits per heavy atom. The van der Waals surface area contributed by atoms with Crippen LogP contribution in [0.3, 0.4) is 0 Å². The first kappa shape index (κ1) is 25.3. The zero-order valence-electron chi connectivity index (χ0n) is 21.1. The molecule has 0 fully saturated rings. The van der Waals surface area contributed by atoms with Crippen molar-refractivity contribution in [2.45, 2.75) is 13.0 Å². The van der Waals surface area contributed by atoms with Gasteiger partial charge in [-0.1, -0.05) is 59.0 Å². The van der Waals surface area contributed by atoms with Crippen molar-refractivity contribution >= 4 is 60.8 Å². The number of nitrogens with one attached hydrogen (secondary N) is 1. The van der Waals surface area contributed by atoms with Gasteiger partial charge in [0.15, 0.2) is 5.13 Å². The molecule has 0 saturated heterocycles. The Balaban J connectivity index is 1.42. The van der Waals surface area contributed by atoms with Crippen LogP contribution in [-0.4, -0.2) is 24.5 Å². The molecule has 40 heavy (non-hydrogen) atoms. The Morgan fingerprint density at radius 3 is 2.62 bits per heavy atom. The summed E-state index contributed by atoms with van der Waals surface area (Å²) in [5.74, 6) is 7.34. The third kappa shape index (κ3) is 4.68. The van der Waals surface area contributed by atoms with E-state index >= 15 is 0 Å². The highest BCUT2D eigenvalue weighted by atomic mass is 35.5. The quantitative estimate of drug-likeness (QED) is 0.249. The van der Waals surface area contributed by atoms with Gasteiger partial charge in [0.05, 0.1) is 37.9 Å². The number of nitrogens with zero attached hydrogens (tertiary/aromatic N) is 5. The van der Waals surface area contributed by atoms with Crippen molar-refractivity contribution in [3.8, 4) is 17.5 Å². The molecule has 11 heteroatoms. The molecule has 0 saturated carbocycles. The first-order chi connectivity index (χ1) is 19.4. The van der Waals surface area contributed by atoms with Crippen LogP contribution in [0.4, 0.5) is 16.8 Å². The molecule has 3 heterocycles. The summed E-state index contributed by atoms with van der Waals surface area (Å²) in [6.07, 6.45) is 1.36. The molecular formula is C29H21ClN8OS. The van der Waals surface area contributed by atoms with Gasteiger partial charge in [0, 0.05) is 5.56 Å². The number of aromatic nitrogens is 5. The topological polar surface area (TPSA) is 138 Å². The third-order valence-electron chi connectivity index (χ3n) is 6.24. The van der Waals surface area contributed by atoms with Gasteiger partial charge in [0.1, 0.15) is 29.4 Å². The van der Waals surface area contributed by atoms with Crippen LogP contribution in [0, 0.1) is 11.8 Å². The second-order valence-corrected chi connectivity index (χ2v) is 10.4. The minimum atomic E-state index is -0.484. The summed E-state index contributed by atoms with van der Waals surface area (Å²) in [6.45, 7) is 1.88. The fraction of sp³-hybridized carbons (Fsp3) is 0.0690. The molecule has 196 valence electrons. The summed E-state index contributed by atoms with van der Waals surface area (Å²) in [5.41, 5.74) is 15.0. The van der Waals surface area contributed by atoms with Gasteiger partial charge >= 0.3 is 0 Å². The highest BCUT2D eigenvalue weighted by Crippen LogP contribution is 2.27. The van der Waals surface area contributed by atoms with Crippen molar-refractivity contribution < 1.29 is 0 Å². The number of halogens is 1. The van der Waals surface area contributed by atoms with Crippen molar-refractivity contribution in [1.82, 2.24) is 24.5 Å². The summed E-state index contributed by atoms with van der Waals surface area (Å²) < 4.78 is 2.49. The van der Waals surface area contributed by atoms with E-state index in [1.54, 1.807) is 22.8 Å². The zero-order chi connectivity index (χ0) is 27.8. The van der Waals surface area contributed by atoms with E-state index in [9.17, 15) is 4.79 Å². The maximum Gasteiger partial charge on any atom is 0.267 e. The minimum Gasteiger partial charge on any atom is -0.382 e. The molecule has 3 aromatic heterocycles. The highest BCUT2D eigenvalue weighted by Gasteiger charge is 2.21. The van der Waals surface area contributed by atoms with Crippen LogP contribution < -0.4 is 22.3 Å². The summed E-state index contributed by atoms with van der Waals surface area (Å²) in [5, 5.41) is 4.53. The number of hydrogen-bond acceptors (Lipinski definition) is 9. The SMILES string of the molecule is CC(Nc1ncnc(N)c1C#Cc1ccc2nc(N)sc2c1)c1nc2cccc(Cl)c2c(=O)n1-c1ccccc1. The molecule has 6 rings (SSSR count). The van der Waals surface area contributed by atoms with E-state index in [2.05, 4.69) is 32.1 Å². The van der Waals surface area contributed by atoms with Crippen molar-refractivity contribution in [2.24, 2.45) is 0 Å². The Kier molecular flexibility index (Phi) is 6.51. The Morgan fingerprint density at radius 1 is 0.975 bits per heavy atom. The number of rotatable bonds is 4. The van der Waals surface area contributed by atoms with Gasteiger partial charge in [-0.2, -0.15) is 0 Å². The Bertz CT molecular complexity index is 2030. The van der Waals surface area contributed by atoms with Gasteiger partial charge in [0.25, 0.3) is 5.56 Å². The molecule has 1 atom stereocenters. The van der Waals surface area contributed by atoms with E-state index in [4.69, 9.17) is 28.1 Å². The lowest BCUT2D eigenvalue weighted by Crippen LogP contribution is -2.27. The van der Waals surface area contributed by atoms with E-state index in [0.29, 0.717) is 44.0 Å². The van der Waals surface area contributed by atoms with Crippen LogP contribution in [0.5, 0.6) is 0 Å². The molecule has 0 amide bonds. The Hall–Kier alpha value is -4.98. The second-order valence-electron chi connectivity index (χ2n) is 8.91. The average molecular weight is 565 g/mol. The molecule has 0 radical (unpaired) electrons. The van der Waals surface area contributed by atoms with Crippen LogP contribution in [0.2, 0.25) is 5.02 Å². The van der Waals surface area contributed by atoms with Crippen molar-refractivity contribution in [2.75, 3.05) is 16.8 Å². The lowest BCUT2D eigenvalue weighted by Gasteiger charge is -2.21. The first-order valence-corrected chi connectivity index (χ1v) is 13.4. The molecule has 0 aliphatic carbocycles. The summed E-state index contributed by atoms with van der Waals surface area (Å²) in [4.78, 5) is 31.4. The van der Waals surface area contributed by atoms with Gasteiger partial charge in [-0.05, 0) is 49.4 Å². The fourth-order valence-corrected chi connectivity index (χ4v) is 5.40. The number of fused-ring (bicyclic) bond motifs is 2. The van der Waals surface area contributed by atoms with Crippen molar-refractivity contribution in [1.29, 1.82) is 0 Å². The summed E-state index contributed by atoms with van der Waals surface area (Å²) >= 11 is 7.81. The van der Waals surface area contributed by atoms with Crippen LogP contribution >= 0.6 is 22.9 Å². The molecule has 0 spiro atoms. The minimum absolute atomic E-state index is 0.221. The number of anilines is 3. The number of nitrogen functional groups attached to an aromatic ring is 2. The molecule has 6 aromatic rings. The molecule has 0 aliphatic heterocycles. The number of para-hydroxylation sites is 1. The van der Waals surface area contributed by atoms with Crippen molar-refractivity contribution in [3.05, 3.63) is 105 Å². The van der Waals surface area contributed by atoms with E-state index in [1.165, 1.54) is 17.7 Å². The average Bonchev–Trinajstić information content (AvgIpc) is 3.32. The smallest absolute Gasteiger partial charge is 0.267 e. The first-order valence-electron chi connectivity index (χ1n) is 12.2. The largest absolute Gasteiger partial charge is 0.382 e. The standard InChI is InChI=1S/C29H21ClN8OS/c1-16(27-36-22-9-5-8-20(30)24(22)28(39)38(27)18-6-3-2-4-7-18)35-26-19(25(31)33-15-34-26)12-10-17-11-13-21-23(14-17)40-29(32)37-21/h2-9,11,13-16H,1H3,(H2,32,37)(H3,31,33,34,35). The monoisotopic (exact) mass is 564 g/mol. The predicted octanol–water partition coefficient (Wildman–Crippen LogP) is 5.18. The van der Waals surface area contributed by atoms with E-state index in [-0.39, 0.29) is 11.4 Å². The molecule has 0 bridgehead atoms. The normalized spacial score (nSPS) is 11.8. The molecular weight excluding hydrogens is 544 g/mol. The van der Waals surface area contributed by atoms with Crippen LogP contribution in [0.25, 0.3) is 26.8 Å². The molecule has 9 nitrogen and oxygen atoms in total. The van der Waals surface area contributed by atoms with Gasteiger partial charge in [0.2, 0.25) is 0 Å². The summed E-state index contributed by atoms with van der Waals surface area (Å²) in [7, 11) is 0. The maximum atomic E-state index is 13.7. The molecule has 3 aromatic carbocycles. The number of benzene rings is 3. The van der Waals surface area contributed by atoms with Gasteiger partial charge < -0.3 is 16.8 Å². The third-order valence-corrected chi connectivity index (χ3v) is 7.40. The predicted molar refractivity (Wildman–Crippen MR) is 161 cm³/mol. The number of nitrogens with two attached hydrogens (primary N) is 2. The number of thiazole rings is 1. The second kappa shape index (κ2) is 10.3. The lowest BCUT2D eigenvalue weighted by atomic mass is 10.1. The van der Waals surface area contributed by atoms with Gasteiger partial charge in [-0.3, -0.25) is 9.36 Å². The van der Waals surface area contributed by atoms with Crippen LogP contribution in [0.1, 0.15) is 29.9 Å². The van der Waals surface area contributed by atoms with Gasteiger partial charge in [-0.15, -0.1) is 0 Å². The lowest BCUT2D eigenvalue weighted by molar-refractivity contribution is 0.730. The molecule has 5 N–H and O–H groups in total. The Labute approximate surface area is 237 Å². The fourth-order valence-electron chi connectivity index (χ4n) is 4.38. The molecule has 1 unspecified atom stereocenters. The highest BCUT2D eigenvalue weighted by molar-refractivity contribution is 7.22. The van der Waals surface area contributed by atoms with E-state index < -0.39 is 6.04 Å². The number of hydrogen-bond donors (Lipinski definition) is 3. The van der Waals surface area contributed by atoms with E-state index in [1.807, 2.05) is 55.5 Å². The zero-order valence-corrected chi connectivity index (χ0v) is 22.7. The van der Waals surface area contributed by atoms with E-state index in [0.717, 1.165) is 15.8 Å².